The molecule has 0 saturated carbocycles. The van der Waals surface area contributed by atoms with E-state index in [2.05, 4.69) is 0 Å². The van der Waals surface area contributed by atoms with Crippen LogP contribution in [0.25, 0.3) is 0 Å². The normalized spacial score (nSPS) is 34.0. The Morgan fingerprint density at radius 2 is 0.537 bits per heavy atom. The maximum absolute atomic E-state index is 14.8. The number of hydrogen-bond donors (Lipinski definition) is 1. The molecule has 6 aliphatic heterocycles. The lowest BCUT2D eigenvalue weighted by Crippen LogP contribution is -2.90. The van der Waals surface area contributed by atoms with E-state index in [4.69, 9.17) is 63.0 Å². The van der Waals surface area contributed by atoms with E-state index in [-0.39, 0.29) is 55.8 Å². The fraction of sp³-hybridized carbons (Fsp3) is 0.200. The van der Waals surface area contributed by atoms with Crippen molar-refractivity contribution in [1.29, 1.82) is 0 Å². The third kappa shape index (κ3) is 13.1. The van der Waals surface area contributed by atoms with E-state index in [9.17, 15) is 24.0 Å². The molecule has 8 aromatic rings. The summed E-state index contributed by atoms with van der Waals surface area (Å²) in [5, 5.41) is 3.18. The molecule has 8 unspecified atom stereocenters. The van der Waals surface area contributed by atoms with E-state index in [1.165, 1.54) is 0 Å². The molecular weight excluding hydrogens is 1380 g/mol. The monoisotopic (exact) mass is 1450 g/mol. The lowest BCUT2D eigenvalue weighted by Gasteiger charge is -2.58. The lowest BCUT2D eigenvalue weighted by atomic mass is 10.0. The molecule has 0 radical (unpaired) electrons. The maximum atomic E-state index is 14.8. The first-order valence-electron chi connectivity index (χ1n) is 31.6. The summed E-state index contributed by atoms with van der Waals surface area (Å²) in [6.45, 7) is 5.65. The van der Waals surface area contributed by atoms with E-state index in [1.807, 2.05) is 238 Å². The second-order valence-corrected chi connectivity index (χ2v) is 55.1. The summed E-state index contributed by atoms with van der Waals surface area (Å²) in [4.78, 5) is 67.1. The quantitative estimate of drug-likeness (QED) is 0.0760. The average Bonchev–Trinajstić information content (AvgIpc) is 0.966. The van der Waals surface area contributed by atoms with Crippen molar-refractivity contribution < 1.29 is 86.9 Å². The van der Waals surface area contributed by atoms with E-state index >= 15 is 0 Å². The van der Waals surface area contributed by atoms with E-state index in [0.717, 1.165) is 0 Å². The summed E-state index contributed by atoms with van der Waals surface area (Å²) in [5.74, 6) is -4.02. The predicted octanol–water partition coefficient (Wildman–Crippen LogP) is 5.03. The molecule has 8 atom stereocenters. The van der Waals surface area contributed by atoms with Gasteiger partial charge in [0.05, 0.1) is 24.7 Å². The molecule has 14 rings (SSSR count). The van der Waals surface area contributed by atoms with Crippen molar-refractivity contribution in [2.75, 3.05) is 0 Å². The van der Waals surface area contributed by atoms with Gasteiger partial charge in [0, 0.05) is 36.3 Å². The highest BCUT2D eigenvalue weighted by atomic mass is 28.6. The highest BCUT2D eigenvalue weighted by molar-refractivity contribution is 7.10. The number of cyclic esters (lactones) is 4. The van der Waals surface area contributed by atoms with Gasteiger partial charge in [-0.25, -0.2) is 0 Å². The summed E-state index contributed by atoms with van der Waals surface area (Å²) < 4.78 is 118. The minimum atomic E-state index is -5.46. The van der Waals surface area contributed by atoms with Gasteiger partial charge in [0.1, 0.15) is 0 Å². The van der Waals surface area contributed by atoms with Gasteiger partial charge in [-0.3, -0.25) is 19.2 Å². The Labute approximate surface area is 560 Å². The van der Waals surface area contributed by atoms with Crippen LogP contribution in [0.5, 0.6) is 0 Å². The van der Waals surface area contributed by atoms with Crippen molar-refractivity contribution in [2.45, 2.75) is 70.3 Å². The van der Waals surface area contributed by atoms with Gasteiger partial charge in [-0.15, -0.1) is 0 Å². The third-order valence-corrected chi connectivity index (χ3v) is 60.2. The zero-order valence-corrected chi connectivity index (χ0v) is 62.1. The van der Waals surface area contributed by atoms with Crippen LogP contribution in [0.15, 0.2) is 243 Å². The van der Waals surface area contributed by atoms with Crippen molar-refractivity contribution in [3.63, 3.8) is 0 Å². The van der Waals surface area contributed by atoms with Crippen molar-refractivity contribution in [3.05, 3.63) is 243 Å². The molecule has 8 aromatic carbocycles. The lowest BCUT2D eigenvalue weighted by molar-refractivity contribution is -0.155. The largest absolute Gasteiger partial charge is 0.520 e. The fourth-order valence-electron chi connectivity index (χ4n) is 12.9. The Morgan fingerprint density at radius 3 is 0.789 bits per heavy atom. The minimum absolute atomic E-state index is 0.0564. The predicted molar refractivity (Wildman–Crippen MR) is 367 cm³/mol. The molecule has 6 bridgehead atoms. The molecule has 0 spiro atoms. The van der Waals surface area contributed by atoms with Crippen LogP contribution in [-0.2, 0) is 82.1 Å². The first-order chi connectivity index (χ1) is 45.8. The highest BCUT2D eigenvalue weighted by Crippen LogP contribution is 2.46. The van der Waals surface area contributed by atoms with Gasteiger partial charge in [-0.1, -0.05) is 255 Å². The Bertz CT molecular complexity index is 3700. The molecule has 30 heteroatoms. The van der Waals surface area contributed by atoms with Crippen LogP contribution in [-0.4, -0.2) is 116 Å². The van der Waals surface area contributed by atoms with Gasteiger partial charge in [-0.2, -0.15) is 0 Å². The number of carbonyl (C=O) groups excluding carboxylic acids is 4. The SMILES string of the molecule is C[Si]1(CCCC2CC(=O)OC2=O)O[Si]2(c3ccccc3)O[Si](C)(c3ccccc3)O[Si]3(c4ccccc4)O[Si](C)(CCCC4CC(=O)OC4=O)O[Si]4(c5ccccc5)O[Si](O)(c5ccccc5)O[Si](c5ccccc5)(O1)O[Si](c1ccccc1)(O4)O[Si](c1ccccc1)(O2)O3. The van der Waals surface area contributed by atoms with E-state index in [1.54, 1.807) is 24.3 Å². The number of benzene rings is 8. The summed E-state index contributed by atoms with van der Waals surface area (Å²) in [6.07, 6.45) is 0.589. The smallest absolute Gasteiger partial charge is 0.393 e. The van der Waals surface area contributed by atoms with Crippen LogP contribution in [0.3, 0.4) is 0 Å². The second kappa shape index (κ2) is 26.1. The van der Waals surface area contributed by atoms with Crippen LogP contribution < -0.4 is 41.5 Å². The van der Waals surface area contributed by atoms with Crippen molar-refractivity contribution in [1.82, 2.24) is 0 Å². The van der Waals surface area contributed by atoms with E-state index in [0.29, 0.717) is 36.3 Å². The Hall–Kier alpha value is -6.35. The van der Waals surface area contributed by atoms with Crippen molar-refractivity contribution >= 4 is 153 Å². The molecule has 488 valence electrons. The Morgan fingerprint density at radius 1 is 0.305 bits per heavy atom. The van der Waals surface area contributed by atoms with Crippen LogP contribution in [0, 0.1) is 11.8 Å². The Kier molecular flexibility index (Phi) is 18.1. The molecule has 0 amide bonds. The van der Waals surface area contributed by atoms with Crippen LogP contribution in [0.1, 0.15) is 38.5 Å². The number of esters is 4. The van der Waals surface area contributed by atoms with Gasteiger partial charge in [0.15, 0.2) is 0 Å². The maximum Gasteiger partial charge on any atom is 0.520 e. The van der Waals surface area contributed by atoms with Gasteiger partial charge in [0.25, 0.3) is 0 Å². The number of carbonyl (C=O) groups is 4. The summed E-state index contributed by atoms with van der Waals surface area (Å²) in [5.41, 5.74) is 0. The average molecular weight is 1450 g/mol. The molecule has 6 saturated heterocycles. The molecular formula is C65H68O20Si10. The topological polar surface area (TPSA) is 227 Å². The van der Waals surface area contributed by atoms with Gasteiger partial charge in [0.2, 0.25) is 0 Å². The first kappa shape index (κ1) is 65.9. The molecule has 6 heterocycles. The number of fused-ring (bicyclic) bond motifs is 4. The fourth-order valence-corrected chi connectivity index (χ4v) is 66.7. The summed E-state index contributed by atoms with van der Waals surface area (Å²) in [6, 6.07) is 73.8. The molecule has 0 aromatic heterocycles. The first-order valence-corrected chi connectivity index (χ1v) is 51.0. The number of ether oxygens (including phenoxy) is 2. The van der Waals surface area contributed by atoms with Crippen LogP contribution in [0.4, 0.5) is 0 Å². The second-order valence-electron chi connectivity index (χ2n) is 24.6. The zero-order valence-electron chi connectivity index (χ0n) is 52.1. The van der Waals surface area contributed by atoms with Crippen molar-refractivity contribution in [3.8, 4) is 0 Å². The van der Waals surface area contributed by atoms with Crippen LogP contribution in [0.2, 0.25) is 31.7 Å². The van der Waals surface area contributed by atoms with Gasteiger partial charge < -0.3 is 67.8 Å². The summed E-state index contributed by atoms with van der Waals surface area (Å²) in [7, 11) is -50.4. The minimum Gasteiger partial charge on any atom is -0.393 e. The van der Waals surface area contributed by atoms with Gasteiger partial charge >= 0.3 is 111 Å². The van der Waals surface area contributed by atoms with Gasteiger partial charge in [-0.05, 0) is 49.8 Å². The highest BCUT2D eigenvalue weighted by Gasteiger charge is 2.80. The molecule has 6 aliphatic rings. The van der Waals surface area contributed by atoms with Crippen LogP contribution >= 0.6 is 0 Å². The van der Waals surface area contributed by atoms with E-state index < -0.39 is 123 Å². The molecule has 20 nitrogen and oxygen atoms in total. The van der Waals surface area contributed by atoms with Crippen molar-refractivity contribution in [2.24, 2.45) is 11.8 Å². The molecule has 1 N–H and O–H groups in total. The molecule has 0 aliphatic carbocycles. The number of hydrogen-bond acceptors (Lipinski definition) is 20. The Balaban J connectivity index is 1.16. The molecule has 95 heavy (non-hydrogen) atoms. The molecule has 6 fully saturated rings. The zero-order chi connectivity index (χ0) is 65.6. The summed E-state index contributed by atoms with van der Waals surface area (Å²) >= 11 is 0. The standard InChI is InChI=1S/C65H68O20Si10/c1-86(48-28-30-52-50-62(66)71-64(52)68)73-90(56-36-16-6-17-37-56)77-88(3,54-32-12-4-13-33-54)78-91(57-38-18-7-19-39-57)74-87(2,49-29-31-53-51-63(67)72-65(53)69)76-93(59-42-22-9-23-43-59)80-89(70,55-34-14-5-15-35-55)79-92(75-86,58-40-20-8-21-41-58)83-95(84-93,61-46-26-11-27-47-61)85-94(81-90,82-91)60-44-24-10-25-45-60/h4-27,32-47,52-53,70H,28-31,48-51H2,1-3H3. The third-order valence-electron chi connectivity index (χ3n) is 17.4. The number of rotatable bonds is 16.